The number of nitrogens with two attached hydrogens (primary N) is 1. The average Bonchev–Trinajstić information content (AvgIpc) is 2.34. The van der Waals surface area contributed by atoms with Crippen LogP contribution in [0, 0.1) is 0 Å². The highest BCUT2D eigenvalue weighted by Gasteiger charge is 2.01. The highest BCUT2D eigenvalue weighted by molar-refractivity contribution is 7.10. The summed E-state index contributed by atoms with van der Waals surface area (Å²) < 4.78 is 0. The normalized spacial score (nSPS) is 13.0. The van der Waals surface area contributed by atoms with Gasteiger partial charge in [0.2, 0.25) is 0 Å². The Morgan fingerprint density at radius 1 is 1.80 bits per heavy atom. The van der Waals surface area contributed by atoms with Crippen molar-refractivity contribution in [2.45, 2.75) is 13.0 Å². The summed E-state index contributed by atoms with van der Waals surface area (Å²) in [6.45, 7) is 1.90. The molecule has 0 saturated carbocycles. The topological polar surface area (TPSA) is 43.1 Å². The Morgan fingerprint density at radius 3 is 2.80 bits per heavy atom. The molecule has 2 nitrogen and oxygen atoms in total. The van der Waals surface area contributed by atoms with Crippen molar-refractivity contribution in [1.29, 1.82) is 0 Å². The van der Waals surface area contributed by atoms with Gasteiger partial charge in [0.1, 0.15) is 0 Å². The lowest BCUT2D eigenvalue weighted by molar-refractivity contribution is 0.112. The van der Waals surface area contributed by atoms with Gasteiger partial charge in [-0.15, -0.1) is 11.3 Å². The van der Waals surface area contributed by atoms with E-state index in [9.17, 15) is 4.79 Å². The third-order valence-electron chi connectivity index (χ3n) is 1.22. The zero-order valence-electron chi connectivity index (χ0n) is 5.70. The lowest BCUT2D eigenvalue weighted by atomic mass is 10.2. The standard InChI is InChI=1S/C7H9NOS/c1-5(8)7-2-6(3-9)4-10-7/h2-5H,8H2,1H3. The summed E-state index contributed by atoms with van der Waals surface area (Å²) >= 11 is 1.53. The fourth-order valence-electron chi connectivity index (χ4n) is 0.669. The molecule has 0 amide bonds. The van der Waals surface area contributed by atoms with Crippen molar-refractivity contribution >= 4 is 17.6 Å². The summed E-state index contributed by atoms with van der Waals surface area (Å²) in [7, 11) is 0. The minimum absolute atomic E-state index is 0.0405. The largest absolute Gasteiger partial charge is 0.324 e. The molecule has 3 heteroatoms. The van der Waals surface area contributed by atoms with Gasteiger partial charge in [-0.05, 0) is 13.0 Å². The molecule has 0 fully saturated rings. The first kappa shape index (κ1) is 7.44. The highest BCUT2D eigenvalue weighted by atomic mass is 32.1. The van der Waals surface area contributed by atoms with E-state index in [0.717, 1.165) is 16.7 Å². The second kappa shape index (κ2) is 2.94. The average molecular weight is 155 g/mol. The minimum Gasteiger partial charge on any atom is -0.324 e. The quantitative estimate of drug-likeness (QED) is 0.659. The molecule has 0 aliphatic heterocycles. The van der Waals surface area contributed by atoms with Crippen LogP contribution in [0.2, 0.25) is 0 Å². The van der Waals surface area contributed by atoms with Crippen molar-refractivity contribution in [3.63, 3.8) is 0 Å². The molecule has 1 aromatic rings. The molecule has 54 valence electrons. The van der Waals surface area contributed by atoms with E-state index in [2.05, 4.69) is 0 Å². The van der Waals surface area contributed by atoms with E-state index < -0.39 is 0 Å². The van der Waals surface area contributed by atoms with Gasteiger partial charge in [-0.1, -0.05) is 0 Å². The van der Waals surface area contributed by atoms with E-state index in [1.165, 1.54) is 11.3 Å². The van der Waals surface area contributed by atoms with Crippen LogP contribution in [0.1, 0.15) is 28.2 Å². The zero-order valence-corrected chi connectivity index (χ0v) is 6.52. The molecule has 1 atom stereocenters. The van der Waals surface area contributed by atoms with Crippen LogP contribution < -0.4 is 5.73 Å². The number of rotatable bonds is 2. The SMILES string of the molecule is CC(N)c1cc(C=O)cs1. The van der Waals surface area contributed by atoms with Gasteiger partial charge in [0.05, 0.1) is 0 Å². The van der Waals surface area contributed by atoms with Crippen LogP contribution in [-0.2, 0) is 0 Å². The van der Waals surface area contributed by atoms with Crippen LogP contribution in [0.25, 0.3) is 0 Å². The molecule has 0 aliphatic carbocycles. The van der Waals surface area contributed by atoms with Crippen LogP contribution in [0.15, 0.2) is 11.4 Å². The Morgan fingerprint density at radius 2 is 2.50 bits per heavy atom. The molecule has 0 radical (unpaired) electrons. The van der Waals surface area contributed by atoms with Gasteiger partial charge < -0.3 is 5.73 Å². The first-order chi connectivity index (χ1) is 4.74. The van der Waals surface area contributed by atoms with Crippen LogP contribution in [0.3, 0.4) is 0 Å². The molecule has 1 heterocycles. The maximum Gasteiger partial charge on any atom is 0.150 e. The Kier molecular flexibility index (Phi) is 2.19. The lowest BCUT2D eigenvalue weighted by Gasteiger charge is -1.96. The Hall–Kier alpha value is -0.670. The Balaban J connectivity index is 2.88. The van der Waals surface area contributed by atoms with Crippen molar-refractivity contribution in [2.24, 2.45) is 5.73 Å². The van der Waals surface area contributed by atoms with Crippen LogP contribution in [0.4, 0.5) is 0 Å². The van der Waals surface area contributed by atoms with E-state index in [0.29, 0.717) is 0 Å². The molecule has 2 N–H and O–H groups in total. The van der Waals surface area contributed by atoms with Crippen LogP contribution in [0.5, 0.6) is 0 Å². The van der Waals surface area contributed by atoms with E-state index in [-0.39, 0.29) is 6.04 Å². The van der Waals surface area contributed by atoms with Crippen LogP contribution >= 0.6 is 11.3 Å². The number of aldehydes is 1. The van der Waals surface area contributed by atoms with Gasteiger partial charge in [-0.2, -0.15) is 0 Å². The van der Waals surface area contributed by atoms with Gasteiger partial charge >= 0.3 is 0 Å². The Labute approximate surface area is 63.7 Å². The second-order valence-corrected chi connectivity index (χ2v) is 3.13. The molecule has 0 spiro atoms. The fraction of sp³-hybridized carbons (Fsp3) is 0.286. The number of carbonyl (C=O) groups is 1. The first-order valence-electron chi connectivity index (χ1n) is 3.03. The summed E-state index contributed by atoms with van der Waals surface area (Å²) in [5.74, 6) is 0. The van der Waals surface area contributed by atoms with E-state index >= 15 is 0 Å². The van der Waals surface area contributed by atoms with Crippen molar-refractivity contribution in [3.05, 3.63) is 21.9 Å². The van der Waals surface area contributed by atoms with Gasteiger partial charge in [0.25, 0.3) is 0 Å². The van der Waals surface area contributed by atoms with E-state index in [4.69, 9.17) is 5.73 Å². The molecule has 0 aromatic carbocycles. The third kappa shape index (κ3) is 1.43. The molecular formula is C7H9NOS. The molecule has 0 aliphatic rings. The van der Waals surface area contributed by atoms with Crippen molar-refractivity contribution in [1.82, 2.24) is 0 Å². The van der Waals surface area contributed by atoms with Crippen LogP contribution in [-0.4, -0.2) is 6.29 Å². The fourth-order valence-corrected chi connectivity index (χ4v) is 1.48. The molecule has 0 bridgehead atoms. The van der Waals surface area contributed by atoms with Gasteiger partial charge in [-0.25, -0.2) is 0 Å². The maximum atomic E-state index is 10.2. The van der Waals surface area contributed by atoms with Crippen molar-refractivity contribution in [3.8, 4) is 0 Å². The molecule has 0 saturated heterocycles. The molecule has 10 heavy (non-hydrogen) atoms. The summed E-state index contributed by atoms with van der Waals surface area (Å²) in [6.07, 6.45) is 0.836. The molecule has 1 rings (SSSR count). The van der Waals surface area contributed by atoms with Crippen molar-refractivity contribution in [2.75, 3.05) is 0 Å². The summed E-state index contributed by atoms with van der Waals surface area (Å²) in [4.78, 5) is 11.3. The molecule has 1 unspecified atom stereocenters. The predicted octanol–water partition coefficient (Wildman–Crippen LogP) is 1.58. The summed E-state index contributed by atoms with van der Waals surface area (Å²) in [5.41, 5.74) is 6.30. The lowest BCUT2D eigenvalue weighted by Crippen LogP contribution is -2.01. The predicted molar refractivity (Wildman–Crippen MR) is 42.3 cm³/mol. The van der Waals surface area contributed by atoms with Gasteiger partial charge in [-0.3, -0.25) is 4.79 Å². The number of thiophene rings is 1. The number of hydrogen-bond acceptors (Lipinski definition) is 3. The van der Waals surface area contributed by atoms with Gasteiger partial charge in [0, 0.05) is 21.9 Å². The minimum atomic E-state index is 0.0405. The van der Waals surface area contributed by atoms with Gasteiger partial charge in [0.15, 0.2) is 6.29 Å². The summed E-state index contributed by atoms with van der Waals surface area (Å²) in [5, 5.41) is 1.81. The summed E-state index contributed by atoms with van der Waals surface area (Å²) in [6, 6.07) is 1.86. The van der Waals surface area contributed by atoms with E-state index in [1.807, 2.05) is 18.4 Å². The molecule has 1 aromatic heterocycles. The molecular weight excluding hydrogens is 146 g/mol. The highest BCUT2D eigenvalue weighted by Crippen LogP contribution is 2.18. The third-order valence-corrected chi connectivity index (χ3v) is 2.38. The smallest absolute Gasteiger partial charge is 0.150 e. The first-order valence-corrected chi connectivity index (χ1v) is 3.91. The van der Waals surface area contributed by atoms with Crippen molar-refractivity contribution < 1.29 is 4.79 Å². The maximum absolute atomic E-state index is 10.2. The zero-order chi connectivity index (χ0) is 7.56. The monoisotopic (exact) mass is 155 g/mol. The Bertz CT molecular complexity index is 229. The number of carbonyl (C=O) groups excluding carboxylic acids is 1. The van der Waals surface area contributed by atoms with E-state index in [1.54, 1.807) is 0 Å². The number of hydrogen-bond donors (Lipinski definition) is 1. The second-order valence-electron chi connectivity index (χ2n) is 2.19.